The minimum Gasteiger partial charge on any atom is -0.327 e. The van der Waals surface area contributed by atoms with E-state index in [1.165, 1.54) is 5.56 Å². The molecule has 2 aromatic heterocycles. The van der Waals surface area contributed by atoms with Gasteiger partial charge in [-0.1, -0.05) is 11.6 Å². The second-order valence-corrected chi connectivity index (χ2v) is 5.75. The van der Waals surface area contributed by atoms with Crippen molar-refractivity contribution in [1.82, 2.24) is 19.7 Å². The number of benzene rings is 1. The molecule has 110 valence electrons. The number of rotatable bonds is 2. The van der Waals surface area contributed by atoms with Crippen LogP contribution >= 0.6 is 0 Å². The Balaban J connectivity index is 1.71. The van der Waals surface area contributed by atoms with Crippen molar-refractivity contribution in [1.29, 1.82) is 0 Å². The molecule has 0 radical (unpaired) electrons. The summed E-state index contributed by atoms with van der Waals surface area (Å²) in [7, 11) is 1.93. The summed E-state index contributed by atoms with van der Waals surface area (Å²) in [6.45, 7) is 3.13. The maximum absolute atomic E-state index is 12.5. The van der Waals surface area contributed by atoms with E-state index in [9.17, 15) is 4.79 Å². The molecule has 1 aliphatic heterocycles. The van der Waals surface area contributed by atoms with Crippen LogP contribution in [-0.2, 0) is 20.1 Å². The zero-order valence-corrected chi connectivity index (χ0v) is 12.6. The molecule has 0 spiro atoms. The first kappa shape index (κ1) is 13.0. The Bertz CT molecular complexity index is 897. The fourth-order valence-electron chi connectivity index (χ4n) is 3.06. The van der Waals surface area contributed by atoms with Crippen molar-refractivity contribution in [3.8, 4) is 0 Å². The monoisotopic (exact) mass is 292 g/mol. The van der Waals surface area contributed by atoms with Gasteiger partial charge in [0.15, 0.2) is 0 Å². The maximum atomic E-state index is 12.5. The van der Waals surface area contributed by atoms with E-state index in [4.69, 9.17) is 0 Å². The number of pyridine rings is 1. The quantitative estimate of drug-likeness (QED) is 0.729. The molecule has 1 aromatic carbocycles. The van der Waals surface area contributed by atoms with Gasteiger partial charge in [0, 0.05) is 18.6 Å². The standard InChI is InChI=1S/C17H16N4O/c1-11-5-6-16-13(8-11)15(19-20(16)2)10-21-9-14-12(17(21)22)4-3-7-18-14/h3-8H,9-10H2,1-2H3. The molecule has 5 heteroatoms. The van der Waals surface area contributed by atoms with Gasteiger partial charge in [0.25, 0.3) is 5.91 Å². The summed E-state index contributed by atoms with van der Waals surface area (Å²) < 4.78 is 1.87. The third-order valence-corrected chi connectivity index (χ3v) is 4.17. The Hall–Kier alpha value is -2.69. The molecule has 0 bridgehead atoms. The van der Waals surface area contributed by atoms with Gasteiger partial charge in [-0.05, 0) is 31.2 Å². The highest BCUT2D eigenvalue weighted by Gasteiger charge is 2.29. The van der Waals surface area contributed by atoms with Gasteiger partial charge < -0.3 is 4.90 Å². The summed E-state index contributed by atoms with van der Waals surface area (Å²) >= 11 is 0. The fourth-order valence-corrected chi connectivity index (χ4v) is 3.06. The summed E-state index contributed by atoms with van der Waals surface area (Å²) in [6.07, 6.45) is 1.73. The van der Waals surface area contributed by atoms with Gasteiger partial charge in [0.05, 0.1) is 35.6 Å². The molecule has 0 N–H and O–H groups in total. The number of hydrogen-bond acceptors (Lipinski definition) is 3. The summed E-state index contributed by atoms with van der Waals surface area (Å²) in [6, 6.07) is 9.92. The number of amides is 1. The van der Waals surface area contributed by atoms with E-state index in [-0.39, 0.29) is 5.91 Å². The molecule has 1 aliphatic rings. The molecule has 0 atom stereocenters. The molecule has 3 heterocycles. The molecular weight excluding hydrogens is 276 g/mol. The number of carbonyl (C=O) groups is 1. The van der Waals surface area contributed by atoms with Crippen molar-refractivity contribution in [2.24, 2.45) is 7.05 Å². The van der Waals surface area contributed by atoms with Crippen LogP contribution in [0.3, 0.4) is 0 Å². The third kappa shape index (κ3) is 1.89. The van der Waals surface area contributed by atoms with Crippen LogP contribution in [0.25, 0.3) is 10.9 Å². The Kier molecular flexibility index (Phi) is 2.76. The van der Waals surface area contributed by atoms with E-state index in [0.717, 1.165) is 22.3 Å². The molecule has 0 unspecified atom stereocenters. The summed E-state index contributed by atoms with van der Waals surface area (Å²) in [5, 5.41) is 5.70. The van der Waals surface area contributed by atoms with Crippen LogP contribution in [0.1, 0.15) is 27.3 Å². The van der Waals surface area contributed by atoms with Gasteiger partial charge in [-0.3, -0.25) is 14.5 Å². The van der Waals surface area contributed by atoms with Crippen LogP contribution < -0.4 is 0 Å². The van der Waals surface area contributed by atoms with E-state index in [1.54, 1.807) is 12.3 Å². The Labute approximate surface area is 128 Å². The molecular formula is C17H16N4O. The van der Waals surface area contributed by atoms with E-state index in [1.807, 2.05) is 22.7 Å². The summed E-state index contributed by atoms with van der Waals surface area (Å²) in [4.78, 5) is 18.6. The summed E-state index contributed by atoms with van der Waals surface area (Å²) in [5.41, 5.74) is 4.77. The SMILES string of the molecule is Cc1ccc2c(c1)c(CN1Cc3ncccc3C1=O)nn2C. The smallest absolute Gasteiger partial charge is 0.256 e. The van der Waals surface area contributed by atoms with Crippen molar-refractivity contribution >= 4 is 16.8 Å². The Morgan fingerprint density at radius 3 is 2.95 bits per heavy atom. The Morgan fingerprint density at radius 1 is 1.27 bits per heavy atom. The number of carbonyl (C=O) groups excluding carboxylic acids is 1. The molecule has 1 amide bonds. The molecule has 4 rings (SSSR count). The minimum absolute atomic E-state index is 0.0366. The van der Waals surface area contributed by atoms with Crippen LogP contribution in [0.5, 0.6) is 0 Å². The van der Waals surface area contributed by atoms with E-state index >= 15 is 0 Å². The van der Waals surface area contributed by atoms with Crippen LogP contribution in [0.15, 0.2) is 36.5 Å². The normalized spacial score (nSPS) is 13.9. The van der Waals surface area contributed by atoms with Crippen molar-refractivity contribution in [2.75, 3.05) is 0 Å². The zero-order valence-electron chi connectivity index (χ0n) is 12.6. The average molecular weight is 292 g/mol. The van der Waals surface area contributed by atoms with Crippen LogP contribution in [0.4, 0.5) is 0 Å². The number of nitrogens with zero attached hydrogens (tertiary/aromatic N) is 4. The second-order valence-electron chi connectivity index (χ2n) is 5.75. The number of aryl methyl sites for hydroxylation is 2. The van der Waals surface area contributed by atoms with E-state index in [2.05, 4.69) is 35.2 Å². The lowest BCUT2D eigenvalue weighted by molar-refractivity contribution is 0.0764. The summed E-state index contributed by atoms with van der Waals surface area (Å²) in [5.74, 6) is 0.0366. The molecule has 5 nitrogen and oxygen atoms in total. The molecule has 22 heavy (non-hydrogen) atoms. The second kappa shape index (κ2) is 4.66. The number of fused-ring (bicyclic) bond motifs is 2. The molecule has 0 saturated heterocycles. The lowest BCUT2D eigenvalue weighted by atomic mass is 10.1. The maximum Gasteiger partial charge on any atom is 0.256 e. The first-order chi connectivity index (χ1) is 10.6. The molecule has 0 saturated carbocycles. The molecule has 0 fully saturated rings. The van der Waals surface area contributed by atoms with Crippen molar-refractivity contribution < 1.29 is 4.79 Å². The van der Waals surface area contributed by atoms with Gasteiger partial charge >= 0.3 is 0 Å². The lowest BCUT2D eigenvalue weighted by Gasteiger charge is -2.13. The minimum atomic E-state index is 0.0366. The van der Waals surface area contributed by atoms with Crippen molar-refractivity contribution in [3.05, 3.63) is 59.0 Å². The molecule has 0 aliphatic carbocycles. The highest BCUT2D eigenvalue weighted by molar-refractivity contribution is 5.97. The predicted molar refractivity (Wildman–Crippen MR) is 83.3 cm³/mol. The fraction of sp³-hybridized carbons (Fsp3) is 0.235. The van der Waals surface area contributed by atoms with Crippen LogP contribution in [0.2, 0.25) is 0 Å². The van der Waals surface area contributed by atoms with Crippen molar-refractivity contribution in [3.63, 3.8) is 0 Å². The van der Waals surface area contributed by atoms with Crippen molar-refractivity contribution in [2.45, 2.75) is 20.0 Å². The Morgan fingerprint density at radius 2 is 2.14 bits per heavy atom. The van der Waals surface area contributed by atoms with Gasteiger partial charge in [0.1, 0.15) is 0 Å². The highest BCUT2D eigenvalue weighted by Crippen LogP contribution is 2.25. The first-order valence-corrected chi connectivity index (χ1v) is 7.29. The van der Waals surface area contributed by atoms with Gasteiger partial charge in [-0.2, -0.15) is 5.10 Å². The lowest BCUT2D eigenvalue weighted by Crippen LogP contribution is -2.23. The third-order valence-electron chi connectivity index (χ3n) is 4.17. The zero-order chi connectivity index (χ0) is 15.3. The van der Waals surface area contributed by atoms with E-state index in [0.29, 0.717) is 18.7 Å². The van der Waals surface area contributed by atoms with Crippen LogP contribution in [0, 0.1) is 6.92 Å². The molecule has 3 aromatic rings. The predicted octanol–water partition coefficient (Wildman–Crippen LogP) is 2.43. The highest BCUT2D eigenvalue weighted by atomic mass is 16.2. The average Bonchev–Trinajstić information content (AvgIpc) is 2.98. The number of aromatic nitrogens is 3. The van der Waals surface area contributed by atoms with Gasteiger partial charge in [-0.25, -0.2) is 0 Å². The van der Waals surface area contributed by atoms with Crippen LogP contribution in [-0.4, -0.2) is 25.6 Å². The first-order valence-electron chi connectivity index (χ1n) is 7.29. The number of hydrogen-bond donors (Lipinski definition) is 0. The van der Waals surface area contributed by atoms with Gasteiger partial charge in [-0.15, -0.1) is 0 Å². The van der Waals surface area contributed by atoms with Gasteiger partial charge in [0.2, 0.25) is 0 Å². The topological polar surface area (TPSA) is 51.0 Å². The largest absolute Gasteiger partial charge is 0.327 e. The van der Waals surface area contributed by atoms with E-state index < -0.39 is 0 Å².